The van der Waals surface area contributed by atoms with Gasteiger partial charge in [0.2, 0.25) is 16.4 Å². The van der Waals surface area contributed by atoms with E-state index in [1.165, 1.54) is 0 Å². The summed E-state index contributed by atoms with van der Waals surface area (Å²) >= 11 is 0. The molecule has 0 spiro atoms. The molecule has 0 aromatic rings. The fourth-order valence-electron chi connectivity index (χ4n) is 0.150. The molecule has 6 heteroatoms. The van der Waals surface area contributed by atoms with Crippen LogP contribution in [0.15, 0.2) is 0 Å². The smallest absolute Gasteiger partial charge is 0.227 e. The Labute approximate surface area is 46.9 Å². The SMILES string of the molecule is NS(=O)(=O)CNC=O. The molecule has 8 heavy (non-hydrogen) atoms. The van der Waals surface area contributed by atoms with Crippen molar-refractivity contribution in [1.29, 1.82) is 0 Å². The van der Waals surface area contributed by atoms with Crippen LogP contribution < -0.4 is 10.5 Å². The van der Waals surface area contributed by atoms with Crippen molar-refractivity contribution in [2.45, 2.75) is 0 Å². The lowest BCUT2D eigenvalue weighted by Gasteiger charge is -1.91. The number of primary sulfonamides is 1. The molecule has 0 rings (SSSR count). The first-order chi connectivity index (χ1) is 3.56. The molecule has 0 saturated heterocycles. The van der Waals surface area contributed by atoms with Crippen LogP contribution in [0.1, 0.15) is 0 Å². The second kappa shape index (κ2) is 2.63. The lowest BCUT2D eigenvalue weighted by molar-refractivity contribution is -0.109. The lowest BCUT2D eigenvalue weighted by Crippen LogP contribution is -2.27. The molecule has 0 heterocycles. The Kier molecular flexibility index (Phi) is 2.43. The second-order valence-corrected chi connectivity index (χ2v) is 2.74. The number of nitrogens with two attached hydrogens (primary N) is 1. The van der Waals surface area contributed by atoms with Gasteiger partial charge in [0.25, 0.3) is 0 Å². The van der Waals surface area contributed by atoms with Crippen molar-refractivity contribution in [1.82, 2.24) is 5.32 Å². The molecule has 0 aliphatic heterocycles. The quantitative estimate of drug-likeness (QED) is 0.441. The summed E-state index contributed by atoms with van der Waals surface area (Å²) in [5.41, 5.74) is 0. The second-order valence-electron chi connectivity index (χ2n) is 1.13. The van der Waals surface area contributed by atoms with Crippen LogP contribution in [0.4, 0.5) is 0 Å². The summed E-state index contributed by atoms with van der Waals surface area (Å²) in [5, 5.41) is 6.37. The Morgan fingerprint density at radius 3 is 2.25 bits per heavy atom. The normalized spacial score (nSPS) is 10.6. The van der Waals surface area contributed by atoms with Gasteiger partial charge < -0.3 is 5.32 Å². The number of rotatable bonds is 3. The zero-order valence-corrected chi connectivity index (χ0v) is 4.81. The highest BCUT2D eigenvalue weighted by molar-refractivity contribution is 7.89. The van der Waals surface area contributed by atoms with E-state index in [4.69, 9.17) is 0 Å². The molecule has 5 nitrogen and oxygen atoms in total. The third-order valence-corrected chi connectivity index (χ3v) is 0.937. The molecule has 0 fully saturated rings. The van der Waals surface area contributed by atoms with E-state index in [0.29, 0.717) is 0 Å². The van der Waals surface area contributed by atoms with Crippen LogP contribution in [0, 0.1) is 0 Å². The molecule has 0 aliphatic carbocycles. The number of nitrogens with one attached hydrogen (secondary N) is 1. The van der Waals surface area contributed by atoms with Gasteiger partial charge in [0.1, 0.15) is 5.88 Å². The van der Waals surface area contributed by atoms with E-state index in [-0.39, 0.29) is 6.41 Å². The molecule has 0 aromatic heterocycles. The van der Waals surface area contributed by atoms with Gasteiger partial charge in [-0.3, -0.25) is 4.79 Å². The fraction of sp³-hybridized carbons (Fsp3) is 0.500. The van der Waals surface area contributed by atoms with Crippen LogP contribution in [0.2, 0.25) is 0 Å². The van der Waals surface area contributed by atoms with Crippen LogP contribution in [0.3, 0.4) is 0 Å². The first-order valence-corrected chi connectivity index (χ1v) is 3.45. The summed E-state index contributed by atoms with van der Waals surface area (Å²) in [6.45, 7) is 0. The minimum absolute atomic E-state index is 0.268. The van der Waals surface area contributed by atoms with Gasteiger partial charge in [0.05, 0.1) is 0 Å². The topological polar surface area (TPSA) is 89.3 Å². The molecule has 3 N–H and O–H groups in total. The molecule has 0 radical (unpaired) electrons. The maximum absolute atomic E-state index is 9.95. The molecule has 0 aliphatic rings. The highest BCUT2D eigenvalue weighted by Crippen LogP contribution is 1.66. The van der Waals surface area contributed by atoms with Crippen LogP contribution in [0.5, 0.6) is 0 Å². The molecule has 0 aromatic carbocycles. The highest BCUT2D eigenvalue weighted by atomic mass is 32.2. The van der Waals surface area contributed by atoms with E-state index in [2.05, 4.69) is 5.14 Å². The zero-order chi connectivity index (χ0) is 6.62. The molecule has 1 amide bonds. The fourth-order valence-corrected chi connectivity index (χ4v) is 0.451. The summed E-state index contributed by atoms with van der Waals surface area (Å²) < 4.78 is 19.9. The number of carbonyl (C=O) groups excluding carboxylic acids is 1. The molecule has 0 unspecified atom stereocenters. The van der Waals surface area contributed by atoms with Gasteiger partial charge in [-0.2, -0.15) is 0 Å². The minimum Gasteiger partial charge on any atom is -0.344 e. The van der Waals surface area contributed by atoms with Crippen molar-refractivity contribution in [3.8, 4) is 0 Å². The zero-order valence-electron chi connectivity index (χ0n) is 3.99. The van der Waals surface area contributed by atoms with E-state index in [9.17, 15) is 13.2 Å². The molecule has 48 valence electrons. The molecule has 0 bridgehead atoms. The standard InChI is InChI=1S/C2H6N2O3S/c3-8(6,7)2-4-1-5/h1H,2H2,(H,4,5)(H2,3,6,7). The van der Waals surface area contributed by atoms with Crippen molar-refractivity contribution in [2.24, 2.45) is 5.14 Å². The predicted octanol–water partition coefficient (Wildman–Crippen LogP) is -2.02. The number of carbonyl (C=O) groups is 1. The average Bonchev–Trinajstić information content (AvgIpc) is 1.59. The van der Waals surface area contributed by atoms with Crippen LogP contribution in [-0.2, 0) is 14.8 Å². The molecule has 0 atom stereocenters. The Morgan fingerprint density at radius 1 is 1.62 bits per heavy atom. The number of amides is 1. The largest absolute Gasteiger partial charge is 0.344 e. The van der Waals surface area contributed by atoms with Gasteiger partial charge in [-0.15, -0.1) is 0 Å². The maximum Gasteiger partial charge on any atom is 0.227 e. The number of hydrogen-bond donors (Lipinski definition) is 2. The van der Waals surface area contributed by atoms with E-state index >= 15 is 0 Å². The minimum atomic E-state index is -3.53. The average molecular weight is 138 g/mol. The Hall–Kier alpha value is -0.620. The van der Waals surface area contributed by atoms with Gasteiger partial charge in [0.15, 0.2) is 0 Å². The van der Waals surface area contributed by atoms with E-state index in [1.54, 1.807) is 0 Å². The molecular formula is C2H6N2O3S. The van der Waals surface area contributed by atoms with Crippen LogP contribution in [-0.4, -0.2) is 20.7 Å². The van der Waals surface area contributed by atoms with Crippen molar-refractivity contribution in [3.05, 3.63) is 0 Å². The molecular weight excluding hydrogens is 132 g/mol. The van der Waals surface area contributed by atoms with E-state index in [0.717, 1.165) is 0 Å². The van der Waals surface area contributed by atoms with E-state index in [1.807, 2.05) is 5.32 Å². The van der Waals surface area contributed by atoms with Gasteiger partial charge in [-0.05, 0) is 0 Å². The van der Waals surface area contributed by atoms with Crippen LogP contribution >= 0.6 is 0 Å². The Balaban J connectivity index is 3.57. The Morgan fingerprint density at radius 2 is 2.12 bits per heavy atom. The van der Waals surface area contributed by atoms with Gasteiger partial charge >= 0.3 is 0 Å². The highest BCUT2D eigenvalue weighted by Gasteiger charge is 1.96. The van der Waals surface area contributed by atoms with E-state index < -0.39 is 15.9 Å². The lowest BCUT2D eigenvalue weighted by atomic mass is 11.2. The first-order valence-electron chi connectivity index (χ1n) is 1.74. The number of hydrogen-bond acceptors (Lipinski definition) is 3. The van der Waals surface area contributed by atoms with Crippen molar-refractivity contribution in [2.75, 3.05) is 5.88 Å². The maximum atomic E-state index is 9.95. The predicted molar refractivity (Wildman–Crippen MR) is 27.2 cm³/mol. The summed E-state index contributed by atoms with van der Waals surface area (Å²) in [6.07, 6.45) is 0.268. The summed E-state index contributed by atoms with van der Waals surface area (Å²) in [5.74, 6) is -0.503. The monoisotopic (exact) mass is 138 g/mol. The molecule has 0 saturated carbocycles. The van der Waals surface area contributed by atoms with Crippen molar-refractivity contribution in [3.63, 3.8) is 0 Å². The third-order valence-electron chi connectivity index (χ3n) is 0.368. The van der Waals surface area contributed by atoms with Crippen molar-refractivity contribution < 1.29 is 13.2 Å². The van der Waals surface area contributed by atoms with Gasteiger partial charge in [0, 0.05) is 0 Å². The number of sulfonamides is 1. The van der Waals surface area contributed by atoms with Gasteiger partial charge in [-0.25, -0.2) is 13.6 Å². The van der Waals surface area contributed by atoms with Crippen LogP contribution in [0.25, 0.3) is 0 Å². The summed E-state index contributed by atoms with van der Waals surface area (Å²) in [6, 6.07) is 0. The summed E-state index contributed by atoms with van der Waals surface area (Å²) in [4.78, 5) is 9.42. The third kappa shape index (κ3) is 5.38. The Bertz CT molecular complexity index is 160. The van der Waals surface area contributed by atoms with Crippen molar-refractivity contribution >= 4 is 16.4 Å². The summed E-state index contributed by atoms with van der Waals surface area (Å²) in [7, 11) is -3.53. The first kappa shape index (κ1) is 7.38. The van der Waals surface area contributed by atoms with Gasteiger partial charge in [-0.1, -0.05) is 0 Å².